The maximum absolute atomic E-state index is 13.0. The molecule has 1 saturated heterocycles. The molecule has 2 atom stereocenters. The summed E-state index contributed by atoms with van der Waals surface area (Å²) in [5.74, 6) is -0.428. The second kappa shape index (κ2) is 6.26. The van der Waals surface area contributed by atoms with E-state index in [4.69, 9.17) is 4.42 Å². The lowest BCUT2D eigenvalue weighted by Gasteiger charge is -2.36. The first-order valence-corrected chi connectivity index (χ1v) is 9.00. The molecular weight excluding hydrogens is 346 g/mol. The van der Waals surface area contributed by atoms with Crippen LogP contribution in [0.3, 0.4) is 0 Å². The molecule has 1 aromatic heterocycles. The Labute approximate surface area is 156 Å². The molecular formula is C20H21N3O4. The largest absolute Gasteiger partial charge is 0.466 e. The van der Waals surface area contributed by atoms with Crippen molar-refractivity contribution in [1.82, 2.24) is 10.2 Å². The summed E-state index contributed by atoms with van der Waals surface area (Å²) in [6, 6.07) is 10.4. The highest BCUT2D eigenvalue weighted by Gasteiger charge is 2.51. The number of amides is 4. The van der Waals surface area contributed by atoms with E-state index in [1.165, 1.54) is 6.26 Å². The number of urea groups is 1. The number of benzene rings is 1. The summed E-state index contributed by atoms with van der Waals surface area (Å²) in [6.07, 6.45) is 3.19. The van der Waals surface area contributed by atoms with E-state index in [9.17, 15) is 14.4 Å². The van der Waals surface area contributed by atoms with Crippen LogP contribution >= 0.6 is 0 Å². The average molecular weight is 367 g/mol. The Hall–Kier alpha value is -3.09. The Morgan fingerprint density at radius 3 is 2.78 bits per heavy atom. The monoisotopic (exact) mass is 367 g/mol. The zero-order chi connectivity index (χ0) is 19.2. The summed E-state index contributed by atoms with van der Waals surface area (Å²) in [6.45, 7) is 3.25. The van der Waals surface area contributed by atoms with E-state index in [0.29, 0.717) is 5.76 Å². The molecule has 2 aliphatic rings. The molecule has 7 heteroatoms. The Morgan fingerprint density at radius 1 is 1.26 bits per heavy atom. The Kier molecular flexibility index (Phi) is 4.02. The van der Waals surface area contributed by atoms with Crippen molar-refractivity contribution in [2.24, 2.45) is 0 Å². The Bertz CT molecular complexity index is 908. The molecule has 1 aromatic carbocycles. The molecule has 4 amide bonds. The standard InChI is InChI=1S/C20H21N3O4/c1-13-9-10-14-6-3-4-7-15(14)23(13)17(24)12-22-18(25)20(2,21-19(22)26)16-8-5-11-27-16/h3-8,11,13H,9-10,12H2,1-2H3,(H,21,26)/t13-,20+/m0/s1. The summed E-state index contributed by atoms with van der Waals surface area (Å²) >= 11 is 0. The molecule has 7 nitrogen and oxygen atoms in total. The van der Waals surface area contributed by atoms with Crippen LogP contribution in [0.15, 0.2) is 47.1 Å². The van der Waals surface area contributed by atoms with Gasteiger partial charge in [0.05, 0.1) is 6.26 Å². The number of carbonyl (C=O) groups excluding carboxylic acids is 3. The van der Waals surface area contributed by atoms with Gasteiger partial charge in [-0.3, -0.25) is 14.5 Å². The summed E-state index contributed by atoms with van der Waals surface area (Å²) in [5, 5.41) is 2.64. The molecule has 2 aliphatic heterocycles. The van der Waals surface area contributed by atoms with Gasteiger partial charge in [0.2, 0.25) is 5.91 Å². The Morgan fingerprint density at radius 2 is 2.04 bits per heavy atom. The van der Waals surface area contributed by atoms with Crippen molar-refractivity contribution in [3.05, 3.63) is 54.0 Å². The van der Waals surface area contributed by atoms with Crippen molar-refractivity contribution in [3.8, 4) is 0 Å². The van der Waals surface area contributed by atoms with Crippen LogP contribution < -0.4 is 10.2 Å². The Balaban J connectivity index is 1.59. The van der Waals surface area contributed by atoms with Crippen molar-refractivity contribution in [2.45, 2.75) is 38.3 Å². The van der Waals surface area contributed by atoms with Gasteiger partial charge in [-0.15, -0.1) is 0 Å². The lowest BCUT2D eigenvalue weighted by Crippen LogP contribution is -2.49. The van der Waals surface area contributed by atoms with Gasteiger partial charge in [-0.1, -0.05) is 18.2 Å². The highest BCUT2D eigenvalue weighted by Crippen LogP contribution is 2.32. The van der Waals surface area contributed by atoms with E-state index in [1.807, 2.05) is 31.2 Å². The lowest BCUT2D eigenvalue weighted by atomic mass is 9.96. The first-order chi connectivity index (χ1) is 12.9. The number of hydrogen-bond acceptors (Lipinski definition) is 4. The van der Waals surface area contributed by atoms with E-state index in [2.05, 4.69) is 5.32 Å². The zero-order valence-electron chi connectivity index (χ0n) is 15.3. The molecule has 0 bridgehead atoms. The van der Waals surface area contributed by atoms with Gasteiger partial charge in [0.15, 0.2) is 5.54 Å². The van der Waals surface area contributed by atoms with Crippen LogP contribution in [0, 0.1) is 0 Å². The smallest absolute Gasteiger partial charge is 0.325 e. The summed E-state index contributed by atoms with van der Waals surface area (Å²) in [4.78, 5) is 41.0. The normalized spacial score (nSPS) is 24.7. The molecule has 0 saturated carbocycles. The van der Waals surface area contributed by atoms with E-state index in [1.54, 1.807) is 24.0 Å². The fourth-order valence-corrected chi connectivity index (χ4v) is 3.85. The highest BCUT2D eigenvalue weighted by atomic mass is 16.3. The van der Waals surface area contributed by atoms with Crippen LogP contribution in [0.5, 0.6) is 0 Å². The van der Waals surface area contributed by atoms with Crippen molar-refractivity contribution in [2.75, 3.05) is 11.4 Å². The maximum Gasteiger partial charge on any atom is 0.325 e. The minimum absolute atomic E-state index is 0.00428. The number of furan rings is 1. The van der Waals surface area contributed by atoms with Crippen LogP contribution in [0.4, 0.5) is 10.5 Å². The molecule has 1 fully saturated rings. The zero-order valence-corrected chi connectivity index (χ0v) is 15.3. The number of carbonyl (C=O) groups is 3. The van der Waals surface area contributed by atoms with Crippen LogP contribution in [-0.4, -0.2) is 35.3 Å². The SMILES string of the molecule is C[C@H]1CCc2ccccc2N1C(=O)CN1C(=O)N[C@](C)(c2ccco2)C1=O. The van der Waals surface area contributed by atoms with Gasteiger partial charge in [0.25, 0.3) is 5.91 Å². The van der Waals surface area contributed by atoms with Crippen molar-refractivity contribution in [3.63, 3.8) is 0 Å². The van der Waals surface area contributed by atoms with Gasteiger partial charge >= 0.3 is 6.03 Å². The van der Waals surface area contributed by atoms with Crippen molar-refractivity contribution >= 4 is 23.5 Å². The molecule has 0 spiro atoms. The number of fused-ring (bicyclic) bond motifs is 1. The number of nitrogens with one attached hydrogen (secondary N) is 1. The third-order valence-corrected chi connectivity index (χ3v) is 5.37. The van der Waals surface area contributed by atoms with Crippen LogP contribution in [0.25, 0.3) is 0 Å². The number of imide groups is 1. The highest BCUT2D eigenvalue weighted by molar-refractivity contribution is 6.10. The third-order valence-electron chi connectivity index (χ3n) is 5.37. The number of para-hydroxylation sites is 1. The molecule has 1 N–H and O–H groups in total. The van der Waals surface area contributed by atoms with E-state index < -0.39 is 17.5 Å². The molecule has 4 rings (SSSR count). The predicted molar refractivity (Wildman–Crippen MR) is 98.0 cm³/mol. The molecule has 3 heterocycles. The van der Waals surface area contributed by atoms with E-state index in [0.717, 1.165) is 29.0 Å². The maximum atomic E-state index is 13.0. The first-order valence-electron chi connectivity index (χ1n) is 9.00. The van der Waals surface area contributed by atoms with Gasteiger partial charge in [-0.05, 0) is 50.5 Å². The van der Waals surface area contributed by atoms with Crippen molar-refractivity contribution in [1.29, 1.82) is 0 Å². The van der Waals surface area contributed by atoms with E-state index >= 15 is 0 Å². The second-order valence-electron chi connectivity index (χ2n) is 7.20. The van der Waals surface area contributed by atoms with Gasteiger partial charge in [-0.25, -0.2) is 4.79 Å². The fraction of sp³-hybridized carbons (Fsp3) is 0.350. The molecule has 0 aliphatic carbocycles. The summed E-state index contributed by atoms with van der Waals surface area (Å²) in [7, 11) is 0. The quantitative estimate of drug-likeness (QED) is 0.845. The fourth-order valence-electron chi connectivity index (χ4n) is 3.85. The lowest BCUT2D eigenvalue weighted by molar-refractivity contribution is -0.134. The minimum atomic E-state index is -1.30. The van der Waals surface area contributed by atoms with Crippen LogP contribution in [0.1, 0.15) is 31.6 Å². The predicted octanol–water partition coefficient (Wildman–Crippen LogP) is 2.41. The van der Waals surface area contributed by atoms with Crippen LogP contribution in [-0.2, 0) is 21.5 Å². The van der Waals surface area contributed by atoms with Crippen LogP contribution in [0.2, 0.25) is 0 Å². The van der Waals surface area contributed by atoms with Gasteiger partial charge < -0.3 is 14.6 Å². The topological polar surface area (TPSA) is 82.9 Å². The van der Waals surface area contributed by atoms with Gasteiger partial charge in [0, 0.05) is 11.7 Å². The number of hydrogen-bond donors (Lipinski definition) is 1. The number of aryl methyl sites for hydroxylation is 1. The number of rotatable bonds is 3. The van der Waals surface area contributed by atoms with Gasteiger partial charge in [0.1, 0.15) is 12.3 Å². The molecule has 2 aromatic rings. The minimum Gasteiger partial charge on any atom is -0.466 e. The second-order valence-corrected chi connectivity index (χ2v) is 7.20. The van der Waals surface area contributed by atoms with Crippen molar-refractivity contribution < 1.29 is 18.8 Å². The summed E-state index contributed by atoms with van der Waals surface area (Å²) in [5.41, 5.74) is 0.649. The molecule has 0 unspecified atom stereocenters. The van der Waals surface area contributed by atoms with E-state index in [-0.39, 0.29) is 18.5 Å². The average Bonchev–Trinajstić information content (AvgIpc) is 3.26. The first kappa shape index (κ1) is 17.3. The van der Waals surface area contributed by atoms with Gasteiger partial charge in [-0.2, -0.15) is 0 Å². The molecule has 0 radical (unpaired) electrons. The summed E-state index contributed by atoms with van der Waals surface area (Å²) < 4.78 is 5.31. The third kappa shape index (κ3) is 2.70. The number of nitrogens with zero attached hydrogens (tertiary/aromatic N) is 2. The number of anilines is 1. The molecule has 140 valence electrons. The molecule has 27 heavy (non-hydrogen) atoms.